The van der Waals surface area contributed by atoms with Gasteiger partial charge in [-0.05, 0) is 35.7 Å². The Kier molecular flexibility index (Phi) is 4.58. The quantitative estimate of drug-likeness (QED) is 0.836. The zero-order valence-corrected chi connectivity index (χ0v) is 11.5. The molecule has 0 spiro atoms. The van der Waals surface area contributed by atoms with Gasteiger partial charge in [0, 0.05) is 11.3 Å². The largest absolute Gasteiger partial charge is 0.321 e. The minimum absolute atomic E-state index is 0.208. The number of carbonyl (C=O) groups excluding carboxylic acids is 1. The SMILES string of the molecule is NCC#Cc1ccc(NC(=O)c2sccc2Cl)cc1. The molecule has 0 atom stereocenters. The van der Waals surface area contributed by atoms with Gasteiger partial charge in [0.2, 0.25) is 0 Å². The normalized spacial score (nSPS) is 9.58. The second-order valence-corrected chi connectivity index (χ2v) is 4.96. The fourth-order valence-corrected chi connectivity index (χ4v) is 2.47. The third-order valence-electron chi connectivity index (χ3n) is 2.30. The van der Waals surface area contributed by atoms with Crippen LogP contribution in [0.5, 0.6) is 0 Å². The number of nitrogens with one attached hydrogen (secondary N) is 1. The zero-order chi connectivity index (χ0) is 13.7. The number of anilines is 1. The van der Waals surface area contributed by atoms with Crippen molar-refractivity contribution in [1.29, 1.82) is 0 Å². The van der Waals surface area contributed by atoms with E-state index in [0.29, 0.717) is 22.1 Å². The van der Waals surface area contributed by atoms with Crippen molar-refractivity contribution in [2.75, 3.05) is 11.9 Å². The van der Waals surface area contributed by atoms with Crippen molar-refractivity contribution < 1.29 is 4.79 Å². The van der Waals surface area contributed by atoms with Crippen LogP contribution in [0.25, 0.3) is 0 Å². The van der Waals surface area contributed by atoms with Crippen LogP contribution in [0.3, 0.4) is 0 Å². The Morgan fingerprint density at radius 1 is 1.32 bits per heavy atom. The minimum atomic E-state index is -0.208. The molecule has 1 aromatic heterocycles. The van der Waals surface area contributed by atoms with E-state index in [-0.39, 0.29) is 5.91 Å². The van der Waals surface area contributed by atoms with Crippen LogP contribution in [0, 0.1) is 11.8 Å². The van der Waals surface area contributed by atoms with Crippen LogP contribution in [0.4, 0.5) is 5.69 Å². The van der Waals surface area contributed by atoms with Crippen molar-refractivity contribution in [2.24, 2.45) is 5.73 Å². The molecule has 1 aromatic carbocycles. The first-order valence-corrected chi connectivity index (χ1v) is 6.80. The third-order valence-corrected chi connectivity index (χ3v) is 3.64. The molecule has 19 heavy (non-hydrogen) atoms. The fraction of sp³-hybridized carbons (Fsp3) is 0.0714. The second-order valence-electron chi connectivity index (χ2n) is 3.64. The van der Waals surface area contributed by atoms with Crippen molar-refractivity contribution in [3.63, 3.8) is 0 Å². The molecule has 96 valence electrons. The molecular weight excluding hydrogens is 280 g/mol. The van der Waals surface area contributed by atoms with Gasteiger partial charge in [-0.15, -0.1) is 11.3 Å². The van der Waals surface area contributed by atoms with Gasteiger partial charge in [0.15, 0.2) is 0 Å². The predicted molar refractivity (Wildman–Crippen MR) is 79.7 cm³/mol. The highest BCUT2D eigenvalue weighted by Gasteiger charge is 2.11. The highest BCUT2D eigenvalue weighted by atomic mass is 35.5. The molecule has 0 fully saturated rings. The first-order valence-electron chi connectivity index (χ1n) is 5.54. The molecule has 1 heterocycles. The summed E-state index contributed by atoms with van der Waals surface area (Å²) in [5, 5.41) is 5.03. The molecule has 5 heteroatoms. The van der Waals surface area contributed by atoms with Gasteiger partial charge in [0.25, 0.3) is 5.91 Å². The van der Waals surface area contributed by atoms with Gasteiger partial charge in [-0.3, -0.25) is 4.79 Å². The molecule has 3 nitrogen and oxygen atoms in total. The molecule has 0 unspecified atom stereocenters. The molecule has 1 amide bonds. The van der Waals surface area contributed by atoms with Crippen LogP contribution in [0.15, 0.2) is 35.7 Å². The smallest absolute Gasteiger partial charge is 0.267 e. The number of hydrogen-bond acceptors (Lipinski definition) is 3. The highest BCUT2D eigenvalue weighted by molar-refractivity contribution is 7.12. The van der Waals surface area contributed by atoms with Gasteiger partial charge in [-0.2, -0.15) is 0 Å². The maximum Gasteiger partial charge on any atom is 0.267 e. The first-order chi connectivity index (χ1) is 9.20. The number of hydrogen-bond donors (Lipinski definition) is 2. The molecule has 0 saturated carbocycles. The summed E-state index contributed by atoms with van der Waals surface area (Å²) in [5.41, 5.74) is 6.86. The number of carbonyl (C=O) groups is 1. The second kappa shape index (κ2) is 6.39. The van der Waals surface area contributed by atoms with Gasteiger partial charge < -0.3 is 11.1 Å². The summed E-state index contributed by atoms with van der Waals surface area (Å²) in [4.78, 5) is 12.4. The monoisotopic (exact) mass is 290 g/mol. The number of nitrogens with two attached hydrogens (primary N) is 1. The summed E-state index contributed by atoms with van der Waals surface area (Å²) in [5.74, 6) is 5.48. The summed E-state index contributed by atoms with van der Waals surface area (Å²) < 4.78 is 0. The van der Waals surface area contributed by atoms with Gasteiger partial charge >= 0.3 is 0 Å². The lowest BCUT2D eigenvalue weighted by Crippen LogP contribution is -2.10. The van der Waals surface area contributed by atoms with E-state index < -0.39 is 0 Å². The van der Waals surface area contributed by atoms with Crippen molar-refractivity contribution in [1.82, 2.24) is 0 Å². The standard InChI is InChI=1S/C14H11ClN2OS/c15-12-7-9-19-13(12)14(18)17-11-5-3-10(4-6-11)2-1-8-16/h3-7,9H,8,16H2,(H,17,18). The van der Waals surface area contributed by atoms with Crippen molar-refractivity contribution in [3.8, 4) is 11.8 Å². The predicted octanol–water partition coefficient (Wildman–Crippen LogP) is 2.96. The molecule has 0 aliphatic heterocycles. The number of benzene rings is 1. The average Bonchev–Trinajstić information content (AvgIpc) is 2.84. The highest BCUT2D eigenvalue weighted by Crippen LogP contribution is 2.23. The number of amides is 1. The third kappa shape index (κ3) is 3.58. The Balaban J connectivity index is 2.08. The zero-order valence-electron chi connectivity index (χ0n) is 9.94. The summed E-state index contributed by atoms with van der Waals surface area (Å²) in [7, 11) is 0. The maximum absolute atomic E-state index is 11.9. The summed E-state index contributed by atoms with van der Waals surface area (Å²) in [6, 6.07) is 8.94. The number of halogens is 1. The molecule has 0 radical (unpaired) electrons. The molecule has 0 aliphatic rings. The average molecular weight is 291 g/mol. The van der Waals surface area contributed by atoms with E-state index in [9.17, 15) is 4.79 Å². The number of rotatable bonds is 2. The molecular formula is C14H11ClN2OS. The van der Waals surface area contributed by atoms with E-state index in [2.05, 4.69) is 17.2 Å². The molecule has 2 rings (SSSR count). The molecule has 2 aromatic rings. The molecule has 0 saturated heterocycles. The number of thiophene rings is 1. The van der Waals surface area contributed by atoms with E-state index in [4.69, 9.17) is 17.3 Å². The van der Waals surface area contributed by atoms with Gasteiger partial charge in [0.05, 0.1) is 11.6 Å². The molecule has 0 aliphatic carbocycles. The van der Waals surface area contributed by atoms with Crippen LogP contribution in [-0.2, 0) is 0 Å². The Morgan fingerprint density at radius 3 is 2.63 bits per heavy atom. The Morgan fingerprint density at radius 2 is 2.05 bits per heavy atom. The lowest BCUT2D eigenvalue weighted by molar-refractivity contribution is 0.103. The van der Waals surface area contributed by atoms with E-state index in [1.807, 2.05) is 12.1 Å². The lowest BCUT2D eigenvalue weighted by atomic mass is 10.2. The minimum Gasteiger partial charge on any atom is -0.321 e. The van der Waals surface area contributed by atoms with E-state index >= 15 is 0 Å². The van der Waals surface area contributed by atoms with Gasteiger partial charge in [-0.25, -0.2) is 0 Å². The Bertz CT molecular complexity index is 637. The van der Waals surface area contributed by atoms with Gasteiger partial charge in [0.1, 0.15) is 4.88 Å². The van der Waals surface area contributed by atoms with Crippen LogP contribution in [-0.4, -0.2) is 12.5 Å². The van der Waals surface area contributed by atoms with Crippen LogP contribution in [0.2, 0.25) is 5.02 Å². The summed E-state index contributed by atoms with van der Waals surface area (Å²) in [6.45, 7) is 0.329. The fourth-order valence-electron chi connectivity index (χ4n) is 1.43. The Labute approximate surface area is 120 Å². The van der Waals surface area contributed by atoms with Crippen LogP contribution < -0.4 is 11.1 Å². The molecule has 3 N–H and O–H groups in total. The van der Waals surface area contributed by atoms with Crippen LogP contribution in [0.1, 0.15) is 15.2 Å². The van der Waals surface area contributed by atoms with E-state index in [1.54, 1.807) is 23.6 Å². The van der Waals surface area contributed by atoms with Crippen molar-refractivity contribution >= 4 is 34.5 Å². The first kappa shape index (κ1) is 13.6. The maximum atomic E-state index is 11.9. The lowest BCUT2D eigenvalue weighted by Gasteiger charge is -2.04. The molecule has 0 bridgehead atoms. The van der Waals surface area contributed by atoms with Crippen molar-refractivity contribution in [2.45, 2.75) is 0 Å². The van der Waals surface area contributed by atoms with Crippen LogP contribution >= 0.6 is 22.9 Å². The van der Waals surface area contributed by atoms with E-state index in [0.717, 1.165) is 5.56 Å². The van der Waals surface area contributed by atoms with E-state index in [1.165, 1.54) is 11.3 Å². The van der Waals surface area contributed by atoms with Gasteiger partial charge in [-0.1, -0.05) is 23.4 Å². The topological polar surface area (TPSA) is 55.1 Å². The Hall–Kier alpha value is -1.80. The van der Waals surface area contributed by atoms with Crippen molar-refractivity contribution in [3.05, 3.63) is 51.2 Å². The summed E-state index contributed by atoms with van der Waals surface area (Å²) in [6.07, 6.45) is 0. The summed E-state index contributed by atoms with van der Waals surface area (Å²) >= 11 is 7.21.